The van der Waals surface area contributed by atoms with Crippen molar-refractivity contribution in [1.29, 1.82) is 0 Å². The molecule has 6 heteroatoms. The first-order valence-electron chi connectivity index (χ1n) is 8.44. The maximum Gasteiger partial charge on any atom is 0.214 e. The van der Waals surface area contributed by atoms with Gasteiger partial charge in [0.2, 0.25) is 10.0 Å². The van der Waals surface area contributed by atoms with Crippen LogP contribution in [0.3, 0.4) is 0 Å². The van der Waals surface area contributed by atoms with E-state index in [4.69, 9.17) is 0 Å². The molecule has 124 valence electrons. The van der Waals surface area contributed by atoms with Crippen molar-refractivity contribution >= 4 is 10.0 Å². The number of unbranched alkanes of at least 4 members (excludes halogenated alkanes) is 2. The van der Waals surface area contributed by atoms with E-state index >= 15 is 0 Å². The Morgan fingerprint density at radius 2 is 1.71 bits per heavy atom. The monoisotopic (exact) mass is 318 g/mol. The Morgan fingerprint density at radius 1 is 1.05 bits per heavy atom. The zero-order valence-corrected chi connectivity index (χ0v) is 14.0. The third-order valence-electron chi connectivity index (χ3n) is 4.84. The molecule has 1 saturated carbocycles. The minimum absolute atomic E-state index is 0.230. The van der Waals surface area contributed by atoms with Crippen molar-refractivity contribution in [2.24, 2.45) is 0 Å². The Hall–Kier alpha value is -0.170. The van der Waals surface area contributed by atoms with Gasteiger partial charge in [0.25, 0.3) is 0 Å². The summed E-state index contributed by atoms with van der Waals surface area (Å²) in [4.78, 5) is 2.29. The Balaban J connectivity index is 1.82. The number of piperazine rings is 1. The molecule has 0 unspecified atom stereocenters. The molecule has 2 fully saturated rings. The van der Waals surface area contributed by atoms with Crippen molar-refractivity contribution in [3.05, 3.63) is 0 Å². The number of hydrogen-bond donors (Lipinski definition) is 1. The Bertz CT molecular complexity index is 405. The molecule has 2 atom stereocenters. The van der Waals surface area contributed by atoms with Crippen LogP contribution < -0.4 is 0 Å². The SMILES string of the molecule is CCCCCS(=O)(=O)N1CCN([C@H]2CCCC[C@H]2O)CC1. The lowest BCUT2D eigenvalue weighted by molar-refractivity contribution is 0.00640. The lowest BCUT2D eigenvalue weighted by atomic mass is 9.91. The topological polar surface area (TPSA) is 60.9 Å². The standard InChI is InChI=1S/C15H30N2O3S/c1-2-3-6-13-21(19,20)17-11-9-16(10-12-17)14-7-4-5-8-15(14)18/h14-15,18H,2-13H2,1H3/t14-,15+/m0/s1. The van der Waals surface area contributed by atoms with Crippen LogP contribution in [0.25, 0.3) is 0 Å². The van der Waals surface area contributed by atoms with Crippen LogP contribution in [0.2, 0.25) is 0 Å². The summed E-state index contributed by atoms with van der Waals surface area (Å²) in [5.41, 5.74) is 0. The quantitative estimate of drug-likeness (QED) is 0.753. The molecule has 0 radical (unpaired) electrons. The molecule has 0 amide bonds. The van der Waals surface area contributed by atoms with E-state index in [1.165, 1.54) is 6.42 Å². The van der Waals surface area contributed by atoms with E-state index in [1.807, 2.05) is 0 Å². The number of aliphatic hydroxyl groups excluding tert-OH is 1. The minimum atomic E-state index is -3.08. The van der Waals surface area contributed by atoms with Gasteiger partial charge in [-0.3, -0.25) is 4.90 Å². The molecule has 2 aliphatic rings. The first-order valence-corrected chi connectivity index (χ1v) is 10.1. The molecule has 1 saturated heterocycles. The molecule has 0 spiro atoms. The minimum Gasteiger partial charge on any atom is -0.391 e. The van der Waals surface area contributed by atoms with Crippen LogP contribution in [0.15, 0.2) is 0 Å². The molecular weight excluding hydrogens is 288 g/mol. The Labute approximate surface area is 129 Å². The van der Waals surface area contributed by atoms with E-state index in [-0.39, 0.29) is 17.9 Å². The van der Waals surface area contributed by atoms with E-state index in [0.717, 1.165) is 51.6 Å². The van der Waals surface area contributed by atoms with Gasteiger partial charge in [-0.05, 0) is 19.3 Å². The highest BCUT2D eigenvalue weighted by atomic mass is 32.2. The number of sulfonamides is 1. The van der Waals surface area contributed by atoms with Gasteiger partial charge in [-0.1, -0.05) is 32.6 Å². The van der Waals surface area contributed by atoms with Gasteiger partial charge in [-0.2, -0.15) is 4.31 Å². The molecule has 21 heavy (non-hydrogen) atoms. The molecular formula is C15H30N2O3S. The van der Waals surface area contributed by atoms with E-state index < -0.39 is 10.0 Å². The van der Waals surface area contributed by atoms with Gasteiger partial charge in [-0.25, -0.2) is 8.42 Å². The highest BCUT2D eigenvalue weighted by Crippen LogP contribution is 2.24. The lowest BCUT2D eigenvalue weighted by Crippen LogP contribution is -2.55. The second-order valence-corrected chi connectivity index (χ2v) is 8.47. The molecule has 1 aliphatic carbocycles. The van der Waals surface area contributed by atoms with Gasteiger partial charge in [0.1, 0.15) is 0 Å². The van der Waals surface area contributed by atoms with Crippen LogP contribution in [-0.4, -0.2) is 66.8 Å². The Kier molecular flexibility index (Phi) is 6.47. The van der Waals surface area contributed by atoms with Crippen LogP contribution in [0.1, 0.15) is 51.9 Å². The first kappa shape index (κ1) is 17.2. The zero-order valence-electron chi connectivity index (χ0n) is 13.2. The van der Waals surface area contributed by atoms with Crippen molar-refractivity contribution in [2.45, 2.75) is 64.0 Å². The van der Waals surface area contributed by atoms with Gasteiger partial charge in [0, 0.05) is 32.2 Å². The van der Waals surface area contributed by atoms with Crippen LogP contribution in [-0.2, 0) is 10.0 Å². The predicted octanol–water partition coefficient (Wildman–Crippen LogP) is 1.43. The van der Waals surface area contributed by atoms with Gasteiger partial charge < -0.3 is 5.11 Å². The van der Waals surface area contributed by atoms with Crippen molar-refractivity contribution in [2.75, 3.05) is 31.9 Å². The average Bonchev–Trinajstić information content (AvgIpc) is 2.48. The first-order chi connectivity index (χ1) is 10.0. The summed E-state index contributed by atoms with van der Waals surface area (Å²) in [6.45, 7) is 4.76. The third-order valence-corrected chi connectivity index (χ3v) is 6.79. The largest absolute Gasteiger partial charge is 0.391 e. The second-order valence-electron chi connectivity index (χ2n) is 6.38. The normalized spacial score (nSPS) is 29.6. The fourth-order valence-electron chi connectivity index (χ4n) is 3.49. The van der Waals surface area contributed by atoms with Crippen molar-refractivity contribution < 1.29 is 13.5 Å². The van der Waals surface area contributed by atoms with Crippen LogP contribution in [0, 0.1) is 0 Å². The summed E-state index contributed by atoms with van der Waals surface area (Å²) in [6, 6.07) is 0.240. The maximum absolute atomic E-state index is 12.3. The van der Waals surface area contributed by atoms with E-state index in [1.54, 1.807) is 4.31 Å². The average molecular weight is 318 g/mol. The molecule has 5 nitrogen and oxygen atoms in total. The summed E-state index contributed by atoms with van der Waals surface area (Å²) >= 11 is 0. The van der Waals surface area contributed by atoms with E-state index in [0.29, 0.717) is 13.1 Å². The van der Waals surface area contributed by atoms with Gasteiger partial charge >= 0.3 is 0 Å². The van der Waals surface area contributed by atoms with Crippen LogP contribution in [0.4, 0.5) is 0 Å². The van der Waals surface area contributed by atoms with Crippen molar-refractivity contribution in [3.63, 3.8) is 0 Å². The molecule has 1 N–H and O–H groups in total. The summed E-state index contributed by atoms with van der Waals surface area (Å²) in [5.74, 6) is 0.285. The lowest BCUT2D eigenvalue weighted by Gasteiger charge is -2.42. The summed E-state index contributed by atoms with van der Waals surface area (Å²) in [5, 5.41) is 10.1. The molecule has 0 bridgehead atoms. The number of aliphatic hydroxyl groups is 1. The molecule has 1 heterocycles. The fraction of sp³-hybridized carbons (Fsp3) is 1.00. The van der Waals surface area contributed by atoms with Crippen molar-refractivity contribution in [1.82, 2.24) is 9.21 Å². The van der Waals surface area contributed by atoms with E-state index in [2.05, 4.69) is 11.8 Å². The summed E-state index contributed by atoms with van der Waals surface area (Å²) in [6.07, 6.45) is 6.79. The number of rotatable bonds is 6. The smallest absolute Gasteiger partial charge is 0.214 e. The highest BCUT2D eigenvalue weighted by Gasteiger charge is 2.33. The Morgan fingerprint density at radius 3 is 2.33 bits per heavy atom. The zero-order chi connectivity index (χ0) is 15.3. The predicted molar refractivity (Wildman–Crippen MR) is 84.7 cm³/mol. The maximum atomic E-state index is 12.3. The molecule has 0 aromatic heterocycles. The fourth-order valence-corrected chi connectivity index (χ4v) is 5.04. The molecule has 2 rings (SSSR count). The molecule has 0 aromatic carbocycles. The number of hydrogen-bond acceptors (Lipinski definition) is 4. The number of nitrogens with zero attached hydrogens (tertiary/aromatic N) is 2. The summed E-state index contributed by atoms with van der Waals surface area (Å²) in [7, 11) is -3.08. The van der Waals surface area contributed by atoms with Crippen molar-refractivity contribution in [3.8, 4) is 0 Å². The molecule has 0 aromatic rings. The van der Waals surface area contributed by atoms with Gasteiger partial charge in [0.15, 0.2) is 0 Å². The van der Waals surface area contributed by atoms with Gasteiger partial charge in [0.05, 0.1) is 11.9 Å². The van der Waals surface area contributed by atoms with Crippen LogP contribution >= 0.6 is 0 Å². The summed E-state index contributed by atoms with van der Waals surface area (Å²) < 4.78 is 26.2. The molecule has 1 aliphatic heterocycles. The second kappa shape index (κ2) is 7.90. The highest BCUT2D eigenvalue weighted by molar-refractivity contribution is 7.89. The van der Waals surface area contributed by atoms with Crippen LogP contribution in [0.5, 0.6) is 0 Å². The third kappa shape index (κ3) is 4.65. The van der Waals surface area contributed by atoms with Gasteiger partial charge in [-0.15, -0.1) is 0 Å². The van der Waals surface area contributed by atoms with E-state index in [9.17, 15) is 13.5 Å².